The van der Waals surface area contributed by atoms with Crippen molar-refractivity contribution in [3.63, 3.8) is 0 Å². The summed E-state index contributed by atoms with van der Waals surface area (Å²) in [5.74, 6) is 0.00361. The first-order valence-electron chi connectivity index (χ1n) is 10.6. The summed E-state index contributed by atoms with van der Waals surface area (Å²) in [6.07, 6.45) is 1.83. The first-order valence-corrected chi connectivity index (χ1v) is 12.4. The van der Waals surface area contributed by atoms with Gasteiger partial charge in [0.05, 0.1) is 16.6 Å². The largest absolute Gasteiger partial charge is 0.468 e. The molecule has 0 radical (unpaired) electrons. The van der Waals surface area contributed by atoms with Crippen LogP contribution >= 0.6 is 0 Å². The van der Waals surface area contributed by atoms with Crippen LogP contribution in [-0.2, 0) is 19.1 Å². The highest BCUT2D eigenvalue weighted by atomic mass is 28.2. The monoisotopic (exact) mass is 434 g/mol. The van der Waals surface area contributed by atoms with Crippen LogP contribution in [0.5, 0.6) is 0 Å². The number of methoxy groups -OCH3 is 1. The van der Waals surface area contributed by atoms with E-state index >= 15 is 0 Å². The molecule has 2 amide bonds. The highest BCUT2D eigenvalue weighted by Crippen LogP contribution is 2.27. The Kier molecular flexibility index (Phi) is 8.89. The van der Waals surface area contributed by atoms with E-state index in [1.807, 2.05) is 23.1 Å². The number of amides is 2. The van der Waals surface area contributed by atoms with E-state index in [0.29, 0.717) is 18.4 Å². The molecule has 1 N–H and O–H groups in total. The Labute approximate surface area is 181 Å². The fraction of sp³-hybridized carbons (Fsp3) is 0.591. The van der Waals surface area contributed by atoms with Crippen LogP contribution in [0.1, 0.15) is 51.5 Å². The van der Waals surface area contributed by atoms with E-state index in [-0.39, 0.29) is 5.91 Å². The fourth-order valence-corrected chi connectivity index (χ4v) is 5.29. The Balaban J connectivity index is 1.84. The molecule has 1 heterocycles. The van der Waals surface area contributed by atoms with Gasteiger partial charge in [-0.3, -0.25) is 9.59 Å². The number of esters is 1. The van der Waals surface area contributed by atoms with Crippen molar-refractivity contribution in [1.29, 1.82) is 0 Å². The Morgan fingerprint density at radius 3 is 2.57 bits per heavy atom. The van der Waals surface area contributed by atoms with Crippen molar-refractivity contribution >= 4 is 27.5 Å². The van der Waals surface area contributed by atoms with Crippen molar-refractivity contribution in [2.45, 2.75) is 63.3 Å². The number of benzene rings is 1. The summed E-state index contributed by atoms with van der Waals surface area (Å²) in [7, 11) is 0.190. The Morgan fingerprint density at radius 2 is 1.93 bits per heavy atom. The zero-order chi connectivity index (χ0) is 22.1. The first kappa shape index (κ1) is 23.9. The highest BCUT2D eigenvalue weighted by Gasteiger charge is 2.27. The molecule has 166 valence electrons. The minimum Gasteiger partial charge on any atom is -0.468 e. The number of likely N-dealkylation sites (tertiary alicyclic amines) is 1. The summed E-state index contributed by atoms with van der Waals surface area (Å²) in [4.78, 5) is 38.7. The molecule has 1 aromatic carbocycles. The molecule has 0 aliphatic carbocycles. The van der Waals surface area contributed by atoms with Gasteiger partial charge in [-0.15, -0.1) is 0 Å². The number of ether oxygens (including phenoxy) is 2. The van der Waals surface area contributed by atoms with Crippen LogP contribution in [0.25, 0.3) is 0 Å². The molecule has 1 aliphatic heterocycles. The second-order valence-corrected chi connectivity index (χ2v) is 10.8. The van der Waals surface area contributed by atoms with Gasteiger partial charge in [-0.2, -0.15) is 0 Å². The maximum Gasteiger partial charge on any atom is 0.408 e. The van der Waals surface area contributed by atoms with Gasteiger partial charge in [-0.25, -0.2) is 4.79 Å². The topological polar surface area (TPSA) is 84.9 Å². The van der Waals surface area contributed by atoms with Crippen molar-refractivity contribution in [1.82, 2.24) is 10.2 Å². The number of nitrogens with zero attached hydrogens (tertiary/aromatic N) is 1. The Hall–Kier alpha value is -2.35. The molecule has 1 unspecified atom stereocenters. The molecule has 7 nitrogen and oxygen atoms in total. The molecule has 1 fully saturated rings. The lowest BCUT2D eigenvalue weighted by Crippen LogP contribution is -2.47. The zero-order valence-corrected chi connectivity index (χ0v) is 19.9. The van der Waals surface area contributed by atoms with Crippen LogP contribution in [0.15, 0.2) is 30.3 Å². The fourth-order valence-electron chi connectivity index (χ4n) is 3.66. The van der Waals surface area contributed by atoms with E-state index in [1.165, 1.54) is 12.7 Å². The van der Waals surface area contributed by atoms with Gasteiger partial charge in [0, 0.05) is 25.4 Å². The van der Waals surface area contributed by atoms with Gasteiger partial charge < -0.3 is 19.7 Å². The number of carbonyl (C=O) groups is 3. The predicted molar refractivity (Wildman–Crippen MR) is 118 cm³/mol. The van der Waals surface area contributed by atoms with Crippen LogP contribution in [0.2, 0.25) is 6.04 Å². The van der Waals surface area contributed by atoms with Gasteiger partial charge in [-0.1, -0.05) is 36.4 Å². The quantitative estimate of drug-likeness (QED) is 0.526. The first-order chi connectivity index (χ1) is 14.2. The summed E-state index contributed by atoms with van der Waals surface area (Å²) in [6, 6.07) is 10.9. The standard InChI is InChI=1S/C22H34N2O5Si/c1-22(2,3)29-21(27)23-19(20(26)28-4)30-14-12-18(25)24-13-8-11-17(15-24)16-9-6-5-7-10-16/h5-7,9-10,17,19H,8,11-15,30H2,1-4H3,(H,23,27)/t17?,19-/m0/s1. The predicted octanol–water partition coefficient (Wildman–Crippen LogP) is 2.39. The van der Waals surface area contributed by atoms with E-state index in [4.69, 9.17) is 9.47 Å². The third kappa shape index (κ3) is 7.82. The number of alkyl carbamates (subject to hydrolysis) is 1. The molecular weight excluding hydrogens is 400 g/mol. The number of rotatable bonds is 7. The van der Waals surface area contributed by atoms with Gasteiger partial charge in [0.2, 0.25) is 5.91 Å². The van der Waals surface area contributed by atoms with E-state index in [1.54, 1.807) is 20.8 Å². The van der Waals surface area contributed by atoms with Gasteiger partial charge in [0.15, 0.2) is 0 Å². The number of carbonyl (C=O) groups excluding carboxylic acids is 3. The van der Waals surface area contributed by atoms with Crippen LogP contribution in [0.4, 0.5) is 4.79 Å². The maximum atomic E-state index is 12.7. The van der Waals surface area contributed by atoms with Crippen LogP contribution in [0.3, 0.4) is 0 Å². The minimum absolute atomic E-state index is 0.115. The lowest BCUT2D eigenvalue weighted by atomic mass is 9.90. The van der Waals surface area contributed by atoms with E-state index < -0.39 is 32.8 Å². The smallest absolute Gasteiger partial charge is 0.408 e. The van der Waals surface area contributed by atoms with Crippen molar-refractivity contribution in [2.24, 2.45) is 0 Å². The van der Waals surface area contributed by atoms with Crippen LogP contribution < -0.4 is 5.32 Å². The lowest BCUT2D eigenvalue weighted by molar-refractivity contribution is -0.141. The van der Waals surface area contributed by atoms with Gasteiger partial charge in [0.1, 0.15) is 11.3 Å². The normalized spacial score (nSPS) is 18.1. The summed E-state index contributed by atoms with van der Waals surface area (Å²) in [5.41, 5.74) is -0.0704. The molecule has 1 aromatic rings. The zero-order valence-electron chi connectivity index (χ0n) is 18.5. The molecule has 0 spiro atoms. The van der Waals surface area contributed by atoms with Crippen LogP contribution in [-0.4, -0.2) is 63.9 Å². The molecule has 1 aliphatic rings. The van der Waals surface area contributed by atoms with Crippen LogP contribution in [0, 0.1) is 0 Å². The highest BCUT2D eigenvalue weighted by molar-refractivity contribution is 6.44. The summed E-state index contributed by atoms with van der Waals surface area (Å²) in [6.45, 7) is 6.80. The van der Waals surface area contributed by atoms with Gasteiger partial charge in [-0.05, 0) is 39.2 Å². The molecular formula is C22H34N2O5Si. The SMILES string of the molecule is COC(=O)[C@@H](NC(=O)OC(C)(C)C)[SiH2]CCC(=O)N1CCCC(c2ccccc2)C1. The lowest BCUT2D eigenvalue weighted by Gasteiger charge is -2.33. The summed E-state index contributed by atoms with van der Waals surface area (Å²) >= 11 is 0. The summed E-state index contributed by atoms with van der Waals surface area (Å²) < 4.78 is 10.0. The number of hydrogen-bond acceptors (Lipinski definition) is 5. The van der Waals surface area contributed by atoms with Gasteiger partial charge >= 0.3 is 12.1 Å². The number of piperidine rings is 1. The summed E-state index contributed by atoms with van der Waals surface area (Å²) in [5, 5.41) is 2.61. The maximum absolute atomic E-state index is 12.7. The van der Waals surface area contributed by atoms with Crippen molar-refractivity contribution in [3.8, 4) is 0 Å². The van der Waals surface area contributed by atoms with E-state index in [2.05, 4.69) is 17.4 Å². The Morgan fingerprint density at radius 1 is 1.23 bits per heavy atom. The second-order valence-electron chi connectivity index (χ2n) is 8.70. The molecule has 2 atom stereocenters. The van der Waals surface area contributed by atoms with Gasteiger partial charge in [0.25, 0.3) is 0 Å². The molecule has 0 saturated carbocycles. The Bertz CT molecular complexity index is 720. The number of nitrogens with one attached hydrogen (secondary N) is 1. The van der Waals surface area contributed by atoms with Crippen molar-refractivity contribution in [3.05, 3.63) is 35.9 Å². The van der Waals surface area contributed by atoms with E-state index in [9.17, 15) is 14.4 Å². The molecule has 0 aromatic heterocycles. The molecule has 8 heteroatoms. The molecule has 2 rings (SSSR count). The number of hydrogen-bond donors (Lipinski definition) is 1. The molecule has 1 saturated heterocycles. The second kappa shape index (κ2) is 11.2. The van der Waals surface area contributed by atoms with Crippen molar-refractivity contribution in [2.75, 3.05) is 20.2 Å². The third-order valence-corrected chi connectivity index (χ3v) is 6.98. The average molecular weight is 435 g/mol. The minimum atomic E-state index is -1.11. The average Bonchev–Trinajstić information content (AvgIpc) is 2.71. The third-order valence-electron chi connectivity index (χ3n) is 5.11. The van der Waals surface area contributed by atoms with Crippen molar-refractivity contribution < 1.29 is 23.9 Å². The molecule has 30 heavy (non-hydrogen) atoms. The van der Waals surface area contributed by atoms with E-state index in [0.717, 1.165) is 25.9 Å². The molecule has 0 bridgehead atoms.